The van der Waals surface area contributed by atoms with Gasteiger partial charge in [-0.2, -0.15) is 0 Å². The molecule has 2 heterocycles. The summed E-state index contributed by atoms with van der Waals surface area (Å²) in [6.07, 6.45) is 2.02. The molecule has 2 aromatic heterocycles. The van der Waals surface area contributed by atoms with Gasteiger partial charge in [0, 0.05) is 19.0 Å². The average Bonchev–Trinajstić information content (AvgIpc) is 2.98. The zero-order valence-electron chi connectivity index (χ0n) is 9.93. The molecule has 0 saturated carbocycles. The summed E-state index contributed by atoms with van der Waals surface area (Å²) in [5.74, 6) is 1.12. The van der Waals surface area contributed by atoms with Crippen LogP contribution in [-0.4, -0.2) is 15.0 Å². The molecule has 0 atom stereocenters. The Morgan fingerprint density at radius 3 is 2.74 bits per heavy atom. The first kappa shape index (κ1) is 14.3. The molecule has 0 radical (unpaired) electrons. The zero-order valence-corrected chi connectivity index (χ0v) is 12.3. The first-order valence-electron chi connectivity index (χ1n) is 5.53. The van der Waals surface area contributed by atoms with Crippen LogP contribution in [0.5, 0.6) is 0 Å². The summed E-state index contributed by atoms with van der Waals surface area (Å²) in [5.41, 5.74) is 5.40. The predicted molar refractivity (Wildman–Crippen MR) is 71.9 cm³/mol. The lowest BCUT2D eigenvalue weighted by Gasteiger charge is -2.03. The van der Waals surface area contributed by atoms with Crippen molar-refractivity contribution in [3.05, 3.63) is 40.7 Å². The maximum absolute atomic E-state index is 12.0. The van der Waals surface area contributed by atoms with E-state index in [4.69, 9.17) is 14.6 Å². The Kier molecular flexibility index (Phi) is 4.46. The van der Waals surface area contributed by atoms with Gasteiger partial charge in [-0.1, -0.05) is 0 Å². The predicted octanol–water partition coefficient (Wildman–Crippen LogP) is 1.61. The second kappa shape index (κ2) is 5.91. The second-order valence-electron chi connectivity index (χ2n) is 3.78. The summed E-state index contributed by atoms with van der Waals surface area (Å²) >= 11 is 3.06. The van der Waals surface area contributed by atoms with Crippen molar-refractivity contribution >= 4 is 26.0 Å². The number of furan rings is 2. The standard InChI is InChI=1S/C11H13BrN2O4S/c12-11-10(6-9(7-13)18-11)19(15,16)14-4-3-8-2-1-5-17-8/h1-2,5-6,14H,3-4,7,13H2. The monoisotopic (exact) mass is 348 g/mol. The fraction of sp³-hybridized carbons (Fsp3) is 0.273. The number of rotatable bonds is 6. The molecule has 0 unspecified atom stereocenters. The molecule has 0 bridgehead atoms. The van der Waals surface area contributed by atoms with Crippen molar-refractivity contribution < 1.29 is 17.3 Å². The first-order valence-corrected chi connectivity index (χ1v) is 7.81. The van der Waals surface area contributed by atoms with Crippen molar-refractivity contribution in [3.63, 3.8) is 0 Å². The van der Waals surface area contributed by atoms with Gasteiger partial charge in [0.15, 0.2) is 4.67 Å². The van der Waals surface area contributed by atoms with Crippen LogP contribution in [0.3, 0.4) is 0 Å². The SMILES string of the molecule is NCc1cc(S(=O)(=O)NCCc2ccco2)c(Br)o1. The van der Waals surface area contributed by atoms with Crippen molar-refractivity contribution in [2.75, 3.05) is 6.54 Å². The average molecular weight is 349 g/mol. The van der Waals surface area contributed by atoms with Crippen LogP contribution in [0, 0.1) is 0 Å². The minimum atomic E-state index is -3.62. The van der Waals surface area contributed by atoms with Gasteiger partial charge in [-0.15, -0.1) is 0 Å². The van der Waals surface area contributed by atoms with E-state index in [0.717, 1.165) is 5.76 Å². The van der Waals surface area contributed by atoms with Crippen molar-refractivity contribution in [3.8, 4) is 0 Å². The summed E-state index contributed by atoms with van der Waals surface area (Å²) in [7, 11) is -3.62. The van der Waals surface area contributed by atoms with Gasteiger partial charge in [-0.3, -0.25) is 0 Å². The molecular formula is C11H13BrN2O4S. The molecular weight excluding hydrogens is 336 g/mol. The third-order valence-electron chi connectivity index (χ3n) is 2.44. The highest BCUT2D eigenvalue weighted by Crippen LogP contribution is 2.25. The number of nitrogens with one attached hydrogen (secondary N) is 1. The van der Waals surface area contributed by atoms with Gasteiger partial charge in [0.05, 0.1) is 12.8 Å². The van der Waals surface area contributed by atoms with Crippen LogP contribution in [0.2, 0.25) is 0 Å². The van der Waals surface area contributed by atoms with Crippen molar-refractivity contribution in [2.24, 2.45) is 5.73 Å². The highest BCUT2D eigenvalue weighted by Gasteiger charge is 2.21. The molecule has 2 rings (SSSR count). The molecule has 0 amide bonds. The molecule has 0 fully saturated rings. The summed E-state index contributed by atoms with van der Waals surface area (Å²) < 4.78 is 37.0. The number of sulfonamides is 1. The molecule has 0 aromatic carbocycles. The number of nitrogens with two attached hydrogens (primary N) is 1. The molecule has 19 heavy (non-hydrogen) atoms. The molecule has 0 aliphatic carbocycles. The van der Waals surface area contributed by atoms with Crippen LogP contribution in [0.15, 0.2) is 42.9 Å². The molecule has 2 aromatic rings. The largest absolute Gasteiger partial charge is 0.469 e. The smallest absolute Gasteiger partial charge is 0.244 e. The van der Waals surface area contributed by atoms with E-state index in [2.05, 4.69) is 20.7 Å². The Bertz CT molecular complexity index is 634. The lowest BCUT2D eigenvalue weighted by atomic mass is 10.3. The summed E-state index contributed by atoms with van der Waals surface area (Å²) in [5, 5.41) is 0. The summed E-state index contributed by atoms with van der Waals surface area (Å²) in [4.78, 5) is 0.0485. The normalized spacial score (nSPS) is 11.9. The van der Waals surface area contributed by atoms with Gasteiger partial charge in [0.25, 0.3) is 0 Å². The van der Waals surface area contributed by atoms with E-state index in [1.54, 1.807) is 18.4 Å². The number of hydrogen-bond donors (Lipinski definition) is 2. The van der Waals surface area contributed by atoms with Crippen molar-refractivity contribution in [1.29, 1.82) is 0 Å². The van der Waals surface area contributed by atoms with E-state index in [1.807, 2.05) is 0 Å². The zero-order chi connectivity index (χ0) is 13.9. The number of halogens is 1. The van der Waals surface area contributed by atoms with Gasteiger partial charge >= 0.3 is 0 Å². The van der Waals surface area contributed by atoms with E-state index in [1.165, 1.54) is 6.07 Å². The van der Waals surface area contributed by atoms with Gasteiger partial charge in [-0.25, -0.2) is 13.1 Å². The van der Waals surface area contributed by atoms with Crippen LogP contribution in [0.25, 0.3) is 0 Å². The Morgan fingerprint density at radius 1 is 1.37 bits per heavy atom. The van der Waals surface area contributed by atoms with Gasteiger partial charge < -0.3 is 14.6 Å². The highest BCUT2D eigenvalue weighted by atomic mass is 79.9. The Labute approximate surface area is 119 Å². The van der Waals surface area contributed by atoms with E-state index >= 15 is 0 Å². The van der Waals surface area contributed by atoms with E-state index in [9.17, 15) is 8.42 Å². The quantitative estimate of drug-likeness (QED) is 0.826. The van der Waals surface area contributed by atoms with Gasteiger partial charge in [0.2, 0.25) is 10.0 Å². The maximum Gasteiger partial charge on any atom is 0.244 e. The molecule has 104 valence electrons. The van der Waals surface area contributed by atoms with Gasteiger partial charge in [0.1, 0.15) is 16.4 Å². The third-order valence-corrected chi connectivity index (χ3v) is 4.76. The van der Waals surface area contributed by atoms with E-state index < -0.39 is 10.0 Å². The Balaban J connectivity index is 2.03. The molecule has 3 N–H and O–H groups in total. The van der Waals surface area contributed by atoms with Crippen LogP contribution >= 0.6 is 15.9 Å². The fourth-order valence-electron chi connectivity index (χ4n) is 1.52. The molecule has 8 heteroatoms. The Morgan fingerprint density at radius 2 is 2.16 bits per heavy atom. The molecule has 0 aliphatic heterocycles. The Hall–Kier alpha value is -1.09. The van der Waals surface area contributed by atoms with E-state index in [0.29, 0.717) is 12.2 Å². The topological polar surface area (TPSA) is 98.5 Å². The second-order valence-corrected chi connectivity index (χ2v) is 6.24. The van der Waals surface area contributed by atoms with Gasteiger partial charge in [-0.05, 0) is 28.1 Å². The van der Waals surface area contributed by atoms with Crippen molar-refractivity contribution in [2.45, 2.75) is 17.9 Å². The summed E-state index contributed by atoms with van der Waals surface area (Å²) in [6, 6.07) is 4.94. The molecule has 0 saturated heterocycles. The highest BCUT2D eigenvalue weighted by molar-refractivity contribution is 9.10. The lowest BCUT2D eigenvalue weighted by Crippen LogP contribution is -2.25. The van der Waals surface area contributed by atoms with Crippen LogP contribution in [-0.2, 0) is 23.0 Å². The fourth-order valence-corrected chi connectivity index (χ4v) is 3.55. The lowest BCUT2D eigenvalue weighted by molar-refractivity contribution is 0.483. The molecule has 6 nitrogen and oxygen atoms in total. The number of hydrogen-bond acceptors (Lipinski definition) is 5. The molecule has 0 aliphatic rings. The molecule has 0 spiro atoms. The van der Waals surface area contributed by atoms with Crippen LogP contribution in [0.1, 0.15) is 11.5 Å². The van der Waals surface area contributed by atoms with Crippen molar-refractivity contribution in [1.82, 2.24) is 4.72 Å². The van der Waals surface area contributed by atoms with Crippen LogP contribution in [0.4, 0.5) is 0 Å². The maximum atomic E-state index is 12.0. The van der Waals surface area contributed by atoms with Crippen LogP contribution < -0.4 is 10.5 Å². The summed E-state index contributed by atoms with van der Waals surface area (Å²) in [6.45, 7) is 0.381. The third kappa shape index (κ3) is 3.47. The first-order chi connectivity index (χ1) is 9.03. The minimum Gasteiger partial charge on any atom is -0.469 e. The minimum absolute atomic E-state index is 0.0485. The van der Waals surface area contributed by atoms with E-state index in [-0.39, 0.29) is 22.7 Å².